The Morgan fingerprint density at radius 1 is 1.03 bits per heavy atom. The lowest BCUT2D eigenvalue weighted by molar-refractivity contribution is 0.0742. The Labute approximate surface area is 200 Å². The maximum Gasteiger partial charge on any atom is 0.349 e. The van der Waals surface area contributed by atoms with Crippen LogP contribution in [-0.2, 0) is 0 Å². The van der Waals surface area contributed by atoms with Crippen molar-refractivity contribution in [1.82, 2.24) is 15.1 Å². The number of aromatic nitrogens is 2. The van der Waals surface area contributed by atoms with Crippen LogP contribution in [0.25, 0.3) is 22.2 Å². The van der Waals surface area contributed by atoms with E-state index >= 15 is 0 Å². The number of piperazine rings is 1. The molecular weight excluding hydrogens is 451 g/mol. The number of rotatable bonds is 5. The van der Waals surface area contributed by atoms with E-state index in [1.165, 1.54) is 12.1 Å². The number of hydrogen-bond donors (Lipinski definition) is 0. The topological polar surface area (TPSA) is 88.8 Å². The molecule has 0 radical (unpaired) electrons. The molecule has 1 fully saturated rings. The molecule has 0 aliphatic carbocycles. The first-order valence-electron chi connectivity index (χ1n) is 11.4. The maximum absolute atomic E-state index is 13.1. The van der Waals surface area contributed by atoms with E-state index in [-0.39, 0.29) is 17.3 Å². The van der Waals surface area contributed by atoms with Crippen LogP contribution < -0.4 is 15.3 Å². The van der Waals surface area contributed by atoms with Crippen molar-refractivity contribution in [3.8, 4) is 17.0 Å². The Balaban J connectivity index is 1.27. The van der Waals surface area contributed by atoms with Gasteiger partial charge in [0.2, 0.25) is 0 Å². The van der Waals surface area contributed by atoms with Gasteiger partial charge in [0.1, 0.15) is 11.4 Å². The molecule has 9 heteroatoms. The van der Waals surface area contributed by atoms with Gasteiger partial charge in [-0.15, -0.1) is 10.2 Å². The van der Waals surface area contributed by atoms with E-state index in [9.17, 15) is 14.0 Å². The highest BCUT2D eigenvalue weighted by atomic mass is 19.1. The highest BCUT2D eigenvalue weighted by Crippen LogP contribution is 2.25. The van der Waals surface area contributed by atoms with Gasteiger partial charge in [-0.25, -0.2) is 9.18 Å². The zero-order chi connectivity index (χ0) is 24.4. The summed E-state index contributed by atoms with van der Waals surface area (Å²) in [6.45, 7) is 4.23. The molecule has 0 bridgehead atoms. The van der Waals surface area contributed by atoms with Gasteiger partial charge in [-0.05, 0) is 55.5 Å². The van der Waals surface area contributed by atoms with Gasteiger partial charge in [0.15, 0.2) is 17.2 Å². The number of carbonyl (C=O) groups is 1. The molecule has 0 atom stereocenters. The van der Waals surface area contributed by atoms with Gasteiger partial charge in [0, 0.05) is 37.1 Å². The fourth-order valence-electron chi connectivity index (χ4n) is 4.11. The van der Waals surface area contributed by atoms with E-state index in [1.54, 1.807) is 41.3 Å². The highest BCUT2D eigenvalue weighted by Gasteiger charge is 2.26. The molecule has 2 aromatic carbocycles. The van der Waals surface area contributed by atoms with E-state index in [1.807, 2.05) is 24.0 Å². The Bertz CT molecular complexity index is 1410. The van der Waals surface area contributed by atoms with Gasteiger partial charge < -0.3 is 19.0 Å². The Morgan fingerprint density at radius 3 is 2.49 bits per heavy atom. The SMILES string of the molecule is CCOc1cccc2cc(C(=O)N3CCN(c4ccc(-c5ccc(F)cc5)nn4)CC3)c(=O)oc12. The predicted molar refractivity (Wildman–Crippen MR) is 129 cm³/mol. The smallest absolute Gasteiger partial charge is 0.349 e. The molecule has 35 heavy (non-hydrogen) atoms. The lowest BCUT2D eigenvalue weighted by Crippen LogP contribution is -2.49. The lowest BCUT2D eigenvalue weighted by Gasteiger charge is -2.35. The molecule has 0 unspecified atom stereocenters. The second-order valence-electron chi connectivity index (χ2n) is 8.12. The molecule has 1 saturated heterocycles. The summed E-state index contributed by atoms with van der Waals surface area (Å²) >= 11 is 0. The number of anilines is 1. The van der Waals surface area contributed by atoms with Crippen molar-refractivity contribution in [3.63, 3.8) is 0 Å². The largest absolute Gasteiger partial charge is 0.490 e. The second-order valence-corrected chi connectivity index (χ2v) is 8.12. The van der Waals surface area contributed by atoms with Crippen molar-refractivity contribution in [1.29, 1.82) is 0 Å². The van der Waals surface area contributed by atoms with Gasteiger partial charge in [0.25, 0.3) is 5.91 Å². The third-order valence-corrected chi connectivity index (χ3v) is 5.94. The van der Waals surface area contributed by atoms with Crippen LogP contribution in [0.4, 0.5) is 10.2 Å². The summed E-state index contributed by atoms with van der Waals surface area (Å²) in [6.07, 6.45) is 0. The molecular formula is C26H23FN4O4. The summed E-state index contributed by atoms with van der Waals surface area (Å²) in [5.41, 5.74) is 1.09. The summed E-state index contributed by atoms with van der Waals surface area (Å²) < 4.78 is 24.1. The molecule has 178 valence electrons. The van der Waals surface area contributed by atoms with Gasteiger partial charge in [-0.3, -0.25) is 4.79 Å². The minimum atomic E-state index is -0.681. The van der Waals surface area contributed by atoms with Gasteiger partial charge >= 0.3 is 5.63 Å². The second kappa shape index (κ2) is 9.54. The maximum atomic E-state index is 13.1. The number of carbonyl (C=O) groups excluding carboxylic acids is 1. The van der Waals surface area contributed by atoms with Crippen LogP contribution >= 0.6 is 0 Å². The zero-order valence-corrected chi connectivity index (χ0v) is 19.1. The summed E-state index contributed by atoms with van der Waals surface area (Å²) in [5.74, 6) is 0.500. The fraction of sp³-hybridized carbons (Fsp3) is 0.231. The number of amides is 1. The van der Waals surface area contributed by atoms with Crippen LogP contribution in [0.15, 0.2) is 69.9 Å². The number of hydrogen-bond acceptors (Lipinski definition) is 7. The van der Waals surface area contributed by atoms with Gasteiger partial charge in [-0.1, -0.05) is 12.1 Å². The Hall–Kier alpha value is -4.27. The molecule has 0 spiro atoms. The van der Waals surface area contributed by atoms with Crippen molar-refractivity contribution >= 4 is 22.7 Å². The number of halogens is 1. The van der Waals surface area contributed by atoms with Crippen molar-refractivity contribution in [2.45, 2.75) is 6.92 Å². The number of ether oxygens (including phenoxy) is 1. The van der Waals surface area contributed by atoms with E-state index < -0.39 is 5.63 Å². The van der Waals surface area contributed by atoms with Crippen molar-refractivity contribution in [2.75, 3.05) is 37.7 Å². The molecule has 0 saturated carbocycles. The Morgan fingerprint density at radius 2 is 1.80 bits per heavy atom. The van der Waals surface area contributed by atoms with Crippen LogP contribution in [0, 0.1) is 5.82 Å². The minimum Gasteiger partial charge on any atom is -0.490 e. The van der Waals surface area contributed by atoms with Gasteiger partial charge in [0.05, 0.1) is 12.3 Å². The molecule has 1 aliphatic rings. The summed E-state index contributed by atoms with van der Waals surface area (Å²) in [5, 5.41) is 9.19. The molecule has 5 rings (SSSR count). The summed E-state index contributed by atoms with van der Waals surface area (Å²) in [4.78, 5) is 29.4. The fourth-order valence-corrected chi connectivity index (χ4v) is 4.11. The number of benzene rings is 2. The zero-order valence-electron chi connectivity index (χ0n) is 19.1. The summed E-state index contributed by atoms with van der Waals surface area (Å²) in [6, 6.07) is 16.6. The third kappa shape index (κ3) is 4.57. The van der Waals surface area contributed by atoms with Crippen LogP contribution in [-0.4, -0.2) is 53.8 Å². The van der Waals surface area contributed by atoms with Crippen LogP contribution in [0.5, 0.6) is 5.75 Å². The van der Waals surface area contributed by atoms with E-state index in [0.29, 0.717) is 61.0 Å². The quantitative estimate of drug-likeness (QED) is 0.407. The predicted octanol–water partition coefficient (Wildman–Crippen LogP) is 3.75. The molecule has 0 N–H and O–H groups in total. The first-order chi connectivity index (χ1) is 17.0. The molecule has 3 heterocycles. The molecule has 2 aromatic heterocycles. The molecule has 1 aliphatic heterocycles. The molecule has 4 aromatic rings. The van der Waals surface area contributed by atoms with Crippen molar-refractivity contribution in [2.24, 2.45) is 0 Å². The van der Waals surface area contributed by atoms with E-state index in [4.69, 9.17) is 9.15 Å². The first-order valence-corrected chi connectivity index (χ1v) is 11.4. The number of nitrogens with zero attached hydrogens (tertiary/aromatic N) is 4. The number of fused-ring (bicyclic) bond motifs is 1. The van der Waals surface area contributed by atoms with Crippen LogP contribution in [0.3, 0.4) is 0 Å². The molecule has 8 nitrogen and oxygen atoms in total. The standard InChI is InChI=1S/C26H23FN4O4/c1-2-34-22-5-3-4-18-16-20(26(33)35-24(18)22)25(32)31-14-12-30(13-15-31)23-11-10-21(28-29-23)17-6-8-19(27)9-7-17/h3-11,16H,2,12-15H2,1H3. The first kappa shape index (κ1) is 22.5. The normalized spacial score (nSPS) is 13.8. The summed E-state index contributed by atoms with van der Waals surface area (Å²) in [7, 11) is 0. The highest BCUT2D eigenvalue weighted by molar-refractivity contribution is 5.97. The van der Waals surface area contributed by atoms with E-state index in [2.05, 4.69) is 10.2 Å². The van der Waals surface area contributed by atoms with Crippen LogP contribution in [0.2, 0.25) is 0 Å². The van der Waals surface area contributed by atoms with Crippen molar-refractivity contribution in [3.05, 3.63) is 82.5 Å². The van der Waals surface area contributed by atoms with E-state index in [0.717, 1.165) is 5.56 Å². The minimum absolute atomic E-state index is 0.00282. The third-order valence-electron chi connectivity index (χ3n) is 5.94. The van der Waals surface area contributed by atoms with Crippen LogP contribution in [0.1, 0.15) is 17.3 Å². The number of para-hydroxylation sites is 1. The molecule has 1 amide bonds. The monoisotopic (exact) mass is 474 g/mol. The average Bonchev–Trinajstić information content (AvgIpc) is 2.89. The average molecular weight is 474 g/mol. The van der Waals surface area contributed by atoms with Crippen molar-refractivity contribution < 1.29 is 18.3 Å². The lowest BCUT2D eigenvalue weighted by atomic mass is 10.1. The van der Waals surface area contributed by atoms with Gasteiger partial charge in [-0.2, -0.15) is 0 Å². The Kier molecular flexibility index (Phi) is 6.13.